The van der Waals surface area contributed by atoms with Gasteiger partial charge in [0.25, 0.3) is 17.7 Å². The molecule has 3 atom stereocenters. The van der Waals surface area contributed by atoms with Crippen molar-refractivity contribution in [2.45, 2.75) is 69.0 Å². The lowest BCUT2D eigenvalue weighted by Gasteiger charge is -2.42. The number of nitrogens with one attached hydrogen (secondary N) is 1. The van der Waals surface area contributed by atoms with E-state index < -0.39 is 47.4 Å². The fraction of sp³-hybridized carbons (Fsp3) is 0.467. The van der Waals surface area contributed by atoms with E-state index >= 15 is 4.39 Å². The Balaban J connectivity index is 1.68. The Labute approximate surface area is 248 Å². The number of ether oxygens (including phenoxy) is 1. The highest BCUT2D eigenvalue weighted by Crippen LogP contribution is 2.42. The van der Waals surface area contributed by atoms with E-state index in [4.69, 9.17) is 4.74 Å². The van der Waals surface area contributed by atoms with E-state index in [2.05, 4.69) is 11.9 Å². The van der Waals surface area contributed by atoms with Gasteiger partial charge in [0, 0.05) is 49.7 Å². The smallest absolute Gasteiger partial charge is 0.279 e. The van der Waals surface area contributed by atoms with Crippen LogP contribution in [0.2, 0.25) is 0 Å². The predicted molar refractivity (Wildman–Crippen MR) is 150 cm³/mol. The van der Waals surface area contributed by atoms with Gasteiger partial charge in [-0.3, -0.25) is 14.5 Å². The molecular formula is C30H38FN3O9. The number of fused-ring (bicyclic) bond motifs is 1. The second-order valence-electron chi connectivity index (χ2n) is 11.2. The van der Waals surface area contributed by atoms with Crippen molar-refractivity contribution in [3.05, 3.63) is 82.7 Å². The van der Waals surface area contributed by atoms with Crippen LogP contribution in [0.4, 0.5) is 4.39 Å². The molecule has 0 radical (unpaired) electrons. The predicted octanol–water partition coefficient (Wildman–Crippen LogP) is 0.0414. The summed E-state index contributed by atoms with van der Waals surface area (Å²) in [7, 11) is 1.44. The van der Waals surface area contributed by atoms with E-state index in [-0.39, 0.29) is 66.3 Å². The summed E-state index contributed by atoms with van der Waals surface area (Å²) in [4.78, 5) is 27.2. The molecule has 0 aromatic heterocycles. The minimum atomic E-state index is -3.00. The molecule has 2 aliphatic rings. The van der Waals surface area contributed by atoms with Crippen molar-refractivity contribution < 1.29 is 49.4 Å². The van der Waals surface area contributed by atoms with Crippen molar-refractivity contribution in [1.29, 1.82) is 0 Å². The molecule has 7 N–H and O–H groups in total. The van der Waals surface area contributed by atoms with Gasteiger partial charge in [0.1, 0.15) is 5.82 Å². The van der Waals surface area contributed by atoms with Gasteiger partial charge in [0.05, 0.1) is 23.8 Å². The number of amides is 2. The van der Waals surface area contributed by atoms with Crippen LogP contribution in [-0.4, -0.2) is 90.6 Å². The lowest BCUT2D eigenvalue weighted by molar-refractivity contribution is -0.298. The van der Waals surface area contributed by atoms with Crippen LogP contribution < -0.4 is 5.32 Å². The Morgan fingerprint density at radius 1 is 1.19 bits per heavy atom. The number of halogens is 1. The molecule has 2 aliphatic heterocycles. The molecule has 3 unspecified atom stereocenters. The standard InChI is InChI=1S/C30H38FN3O9/c1-5-21(10-12-25(35)32-4)34-27(36)22-8-6-7-19(26(22)30(34,41)42)14-28(37,38)23-13-20(9-11-24(23)31)29(39,40)33-15-17(2)43-18(3)16-33/h5-9,11,13,17-18,21,37-42H,1,10,12,14-16H2,2-4H3,(H,32,35). The Morgan fingerprint density at radius 2 is 1.84 bits per heavy atom. The zero-order valence-corrected chi connectivity index (χ0v) is 24.2. The van der Waals surface area contributed by atoms with Gasteiger partial charge in [-0.05, 0) is 50.1 Å². The summed E-state index contributed by atoms with van der Waals surface area (Å²) in [6.45, 7) is 7.44. The third kappa shape index (κ3) is 6.21. The molecule has 2 heterocycles. The monoisotopic (exact) mass is 603 g/mol. The number of carbonyl (C=O) groups is 2. The van der Waals surface area contributed by atoms with Gasteiger partial charge in [-0.2, -0.15) is 0 Å². The molecule has 2 amide bonds. The molecule has 43 heavy (non-hydrogen) atoms. The summed E-state index contributed by atoms with van der Waals surface area (Å²) >= 11 is 0. The zero-order valence-electron chi connectivity index (χ0n) is 24.2. The van der Waals surface area contributed by atoms with E-state index in [1.807, 2.05) is 0 Å². The van der Waals surface area contributed by atoms with E-state index in [1.165, 1.54) is 36.2 Å². The number of rotatable bonds is 10. The average molecular weight is 604 g/mol. The summed E-state index contributed by atoms with van der Waals surface area (Å²) in [5.74, 6) is -10.7. The maximum atomic E-state index is 15.1. The van der Waals surface area contributed by atoms with Gasteiger partial charge in [0.15, 0.2) is 5.79 Å². The first kappa shape index (κ1) is 32.6. The van der Waals surface area contributed by atoms with Crippen molar-refractivity contribution >= 4 is 11.8 Å². The van der Waals surface area contributed by atoms with E-state index in [9.17, 15) is 40.2 Å². The zero-order chi connectivity index (χ0) is 31.9. The first-order chi connectivity index (χ1) is 20.0. The number of nitrogens with zero attached hydrogens (tertiary/aromatic N) is 2. The second kappa shape index (κ2) is 12.0. The average Bonchev–Trinajstić information content (AvgIpc) is 3.13. The van der Waals surface area contributed by atoms with Crippen molar-refractivity contribution in [3.8, 4) is 0 Å². The Morgan fingerprint density at radius 3 is 2.44 bits per heavy atom. The lowest BCUT2D eigenvalue weighted by Crippen LogP contribution is -2.55. The molecule has 0 saturated carbocycles. The number of morpholine rings is 1. The molecule has 234 valence electrons. The summed E-state index contributed by atoms with van der Waals surface area (Å²) in [5.41, 5.74) is -1.52. The fourth-order valence-corrected chi connectivity index (χ4v) is 5.87. The molecule has 2 aromatic rings. The van der Waals surface area contributed by atoms with E-state index in [1.54, 1.807) is 13.8 Å². The van der Waals surface area contributed by atoms with Crippen LogP contribution in [-0.2, 0) is 33.6 Å². The van der Waals surface area contributed by atoms with Crippen LogP contribution >= 0.6 is 0 Å². The fourth-order valence-electron chi connectivity index (χ4n) is 5.87. The first-order valence-electron chi connectivity index (χ1n) is 13.9. The van der Waals surface area contributed by atoms with Crippen LogP contribution in [0, 0.1) is 5.82 Å². The highest BCUT2D eigenvalue weighted by atomic mass is 19.1. The molecule has 12 nitrogen and oxygen atoms in total. The molecule has 13 heteroatoms. The van der Waals surface area contributed by atoms with Crippen molar-refractivity contribution in [2.24, 2.45) is 0 Å². The Bertz CT molecular complexity index is 1390. The van der Waals surface area contributed by atoms with Gasteiger partial charge in [-0.1, -0.05) is 18.2 Å². The van der Waals surface area contributed by atoms with Gasteiger partial charge >= 0.3 is 0 Å². The van der Waals surface area contributed by atoms with Crippen LogP contribution in [0.5, 0.6) is 0 Å². The van der Waals surface area contributed by atoms with Crippen LogP contribution in [0.25, 0.3) is 0 Å². The third-order valence-corrected chi connectivity index (χ3v) is 7.90. The maximum Gasteiger partial charge on any atom is 0.279 e. The van der Waals surface area contributed by atoms with Gasteiger partial charge in [-0.25, -0.2) is 9.29 Å². The first-order valence-corrected chi connectivity index (χ1v) is 13.9. The maximum absolute atomic E-state index is 15.1. The highest BCUT2D eigenvalue weighted by Gasteiger charge is 2.52. The largest absolute Gasteiger partial charge is 0.373 e. The van der Waals surface area contributed by atoms with Crippen LogP contribution in [0.1, 0.15) is 59.3 Å². The molecule has 2 aromatic carbocycles. The molecule has 0 aliphatic carbocycles. The second-order valence-corrected chi connectivity index (χ2v) is 11.2. The third-order valence-electron chi connectivity index (χ3n) is 7.90. The highest BCUT2D eigenvalue weighted by molar-refractivity contribution is 6.00. The van der Waals surface area contributed by atoms with E-state index in [0.717, 1.165) is 23.1 Å². The van der Waals surface area contributed by atoms with Crippen molar-refractivity contribution in [1.82, 2.24) is 15.1 Å². The van der Waals surface area contributed by atoms with Crippen molar-refractivity contribution in [2.75, 3.05) is 20.1 Å². The van der Waals surface area contributed by atoms with Gasteiger partial charge in [-0.15, -0.1) is 6.58 Å². The minimum Gasteiger partial charge on any atom is -0.373 e. The van der Waals surface area contributed by atoms with Crippen molar-refractivity contribution in [3.63, 3.8) is 0 Å². The number of hydrogen-bond acceptors (Lipinski definition) is 10. The molecule has 0 bridgehead atoms. The van der Waals surface area contributed by atoms with Crippen LogP contribution in [0.3, 0.4) is 0 Å². The summed E-state index contributed by atoms with van der Waals surface area (Å²) in [5, 5.41) is 69.3. The minimum absolute atomic E-state index is 0.0216. The molecular weight excluding hydrogens is 565 g/mol. The molecule has 1 saturated heterocycles. The molecule has 0 spiro atoms. The number of benzene rings is 2. The van der Waals surface area contributed by atoms with Gasteiger partial charge in [0.2, 0.25) is 5.91 Å². The topological polar surface area (TPSA) is 183 Å². The molecule has 4 rings (SSSR count). The quantitative estimate of drug-likeness (QED) is 0.145. The van der Waals surface area contributed by atoms with Gasteiger partial charge < -0.3 is 40.7 Å². The number of hydrogen-bond donors (Lipinski definition) is 7. The summed E-state index contributed by atoms with van der Waals surface area (Å²) < 4.78 is 20.7. The Kier molecular flexibility index (Phi) is 9.12. The summed E-state index contributed by atoms with van der Waals surface area (Å²) in [6.07, 6.45) is -0.201. The summed E-state index contributed by atoms with van der Waals surface area (Å²) in [6, 6.07) is 5.96. The molecule has 1 fully saturated rings. The lowest BCUT2D eigenvalue weighted by atomic mass is 9.90. The van der Waals surface area contributed by atoms with Crippen LogP contribution in [0.15, 0.2) is 49.1 Å². The Hall–Kier alpha value is -3.27. The number of aliphatic hydroxyl groups is 6. The SMILES string of the molecule is C=CC(CCC(=O)NC)N1C(=O)c2cccc(CC(O)(O)c3cc(C(O)(O)N4CC(C)OC(C)C4)ccc3F)c2C1(O)O. The normalized spacial score (nSPS) is 21.4. The van der Waals surface area contributed by atoms with E-state index in [0.29, 0.717) is 0 Å². The number of carbonyl (C=O) groups excluding carboxylic acids is 2.